The lowest BCUT2D eigenvalue weighted by Crippen LogP contribution is -2.16. The van der Waals surface area contributed by atoms with Crippen LogP contribution in [0, 0.1) is 6.92 Å². The minimum absolute atomic E-state index is 1.06. The maximum atomic E-state index is 4.75. The van der Waals surface area contributed by atoms with Crippen LogP contribution in [0.3, 0.4) is 0 Å². The fourth-order valence-corrected chi connectivity index (χ4v) is 3.77. The largest absolute Gasteiger partial charge is 0.362 e. The van der Waals surface area contributed by atoms with Crippen molar-refractivity contribution in [1.82, 2.24) is 4.98 Å². The Balaban J connectivity index is 1.67. The van der Waals surface area contributed by atoms with Crippen LogP contribution in [-0.4, -0.2) is 18.1 Å². The van der Waals surface area contributed by atoms with Crippen molar-refractivity contribution in [2.45, 2.75) is 32.6 Å². The van der Waals surface area contributed by atoms with Crippen molar-refractivity contribution >= 4 is 16.3 Å². The Morgan fingerprint density at radius 3 is 2.58 bits per heavy atom. The van der Waals surface area contributed by atoms with E-state index in [4.69, 9.17) is 4.98 Å². The molecule has 1 aromatic carbocycles. The Morgan fingerprint density at radius 1 is 1.11 bits per heavy atom. The fraction of sp³-hybridized carbons (Fsp3) is 0.438. The van der Waals surface area contributed by atoms with Gasteiger partial charge in [-0.25, -0.2) is 4.98 Å². The van der Waals surface area contributed by atoms with E-state index in [1.807, 2.05) is 11.3 Å². The summed E-state index contributed by atoms with van der Waals surface area (Å²) in [5, 5.41) is 2.68. The first-order valence-electron chi connectivity index (χ1n) is 7.08. The van der Waals surface area contributed by atoms with Crippen molar-refractivity contribution in [2.24, 2.45) is 0 Å². The molecule has 0 N–H and O–H groups in total. The molecular weight excluding hydrogens is 252 g/mol. The molecule has 1 saturated heterocycles. The molecular formula is C16H20N2S. The van der Waals surface area contributed by atoms with Gasteiger partial charge in [0.1, 0.15) is 5.00 Å². The third-order valence-corrected chi connectivity index (χ3v) is 4.96. The van der Waals surface area contributed by atoms with Crippen molar-refractivity contribution in [3.63, 3.8) is 0 Å². The number of aromatic nitrogens is 1. The van der Waals surface area contributed by atoms with Crippen LogP contribution in [0.1, 0.15) is 29.1 Å². The van der Waals surface area contributed by atoms with Gasteiger partial charge in [-0.2, -0.15) is 0 Å². The van der Waals surface area contributed by atoms with Gasteiger partial charge in [0.15, 0.2) is 0 Å². The first-order valence-corrected chi connectivity index (χ1v) is 7.90. The molecule has 2 aromatic rings. The molecule has 0 saturated carbocycles. The van der Waals surface area contributed by atoms with Gasteiger partial charge in [-0.3, -0.25) is 0 Å². The molecule has 1 aliphatic heterocycles. The minimum atomic E-state index is 1.06. The Kier molecular flexibility index (Phi) is 3.83. The van der Waals surface area contributed by atoms with E-state index in [0.29, 0.717) is 0 Å². The Bertz CT molecular complexity index is 527. The van der Waals surface area contributed by atoms with Gasteiger partial charge in [0.25, 0.3) is 0 Å². The molecule has 19 heavy (non-hydrogen) atoms. The molecule has 0 spiro atoms. The zero-order valence-electron chi connectivity index (χ0n) is 11.4. The summed E-state index contributed by atoms with van der Waals surface area (Å²) in [6.45, 7) is 4.57. The smallest absolute Gasteiger partial charge is 0.114 e. The van der Waals surface area contributed by atoms with Gasteiger partial charge in [0, 0.05) is 19.5 Å². The number of aryl methyl sites for hydroxylation is 3. The van der Waals surface area contributed by atoms with Crippen molar-refractivity contribution in [3.05, 3.63) is 46.6 Å². The third kappa shape index (κ3) is 2.98. The lowest BCUT2D eigenvalue weighted by atomic mass is 10.1. The van der Waals surface area contributed by atoms with Gasteiger partial charge in [-0.05, 0) is 31.7 Å². The number of rotatable bonds is 4. The molecule has 1 aromatic heterocycles. The quantitative estimate of drug-likeness (QED) is 0.840. The maximum absolute atomic E-state index is 4.75. The SMILES string of the molecule is Cc1nc(CCc2ccccc2)sc1N1CCCC1. The summed E-state index contributed by atoms with van der Waals surface area (Å²) in [7, 11) is 0. The van der Waals surface area contributed by atoms with Crippen molar-refractivity contribution in [3.8, 4) is 0 Å². The van der Waals surface area contributed by atoms with Crippen LogP contribution in [0.15, 0.2) is 30.3 Å². The van der Waals surface area contributed by atoms with Gasteiger partial charge in [0.2, 0.25) is 0 Å². The van der Waals surface area contributed by atoms with E-state index in [1.54, 1.807) is 0 Å². The second-order valence-corrected chi connectivity index (χ2v) is 6.24. The summed E-state index contributed by atoms with van der Waals surface area (Å²) in [5.74, 6) is 0. The summed E-state index contributed by atoms with van der Waals surface area (Å²) in [6.07, 6.45) is 4.81. The number of thiazole rings is 1. The van der Waals surface area contributed by atoms with Crippen molar-refractivity contribution in [1.29, 1.82) is 0 Å². The zero-order valence-corrected chi connectivity index (χ0v) is 12.2. The standard InChI is InChI=1S/C16H20N2S/c1-13-16(18-11-5-6-12-18)19-15(17-13)10-9-14-7-3-2-4-8-14/h2-4,7-8H,5-6,9-12H2,1H3. The van der Waals surface area contributed by atoms with Crippen LogP contribution < -0.4 is 4.90 Å². The van der Waals surface area contributed by atoms with Crippen LogP contribution in [0.25, 0.3) is 0 Å². The van der Waals surface area contributed by atoms with Crippen LogP contribution >= 0.6 is 11.3 Å². The lowest BCUT2D eigenvalue weighted by Gasteiger charge is -2.14. The van der Waals surface area contributed by atoms with E-state index < -0.39 is 0 Å². The van der Waals surface area contributed by atoms with E-state index in [9.17, 15) is 0 Å². The average Bonchev–Trinajstić information content (AvgIpc) is 3.07. The Hall–Kier alpha value is -1.35. The number of hydrogen-bond donors (Lipinski definition) is 0. The number of nitrogens with zero attached hydrogens (tertiary/aromatic N) is 2. The molecule has 0 radical (unpaired) electrons. The zero-order chi connectivity index (χ0) is 13.1. The summed E-state index contributed by atoms with van der Waals surface area (Å²) < 4.78 is 0. The molecule has 2 heterocycles. The normalized spacial score (nSPS) is 15.1. The molecule has 0 bridgehead atoms. The molecule has 3 rings (SSSR count). The van der Waals surface area contributed by atoms with Gasteiger partial charge in [-0.1, -0.05) is 30.3 Å². The predicted molar refractivity (Wildman–Crippen MR) is 82.1 cm³/mol. The molecule has 0 atom stereocenters. The van der Waals surface area contributed by atoms with Crippen LogP contribution in [0.2, 0.25) is 0 Å². The second kappa shape index (κ2) is 5.74. The van der Waals surface area contributed by atoms with Crippen molar-refractivity contribution < 1.29 is 0 Å². The second-order valence-electron chi connectivity index (χ2n) is 5.18. The topological polar surface area (TPSA) is 16.1 Å². The summed E-state index contributed by atoms with van der Waals surface area (Å²) in [5.41, 5.74) is 2.62. The molecule has 2 nitrogen and oxygen atoms in total. The van der Waals surface area contributed by atoms with Crippen LogP contribution in [-0.2, 0) is 12.8 Å². The van der Waals surface area contributed by atoms with Crippen LogP contribution in [0.5, 0.6) is 0 Å². The van der Waals surface area contributed by atoms with E-state index in [1.165, 1.54) is 47.2 Å². The molecule has 1 aliphatic rings. The molecule has 0 aliphatic carbocycles. The number of benzene rings is 1. The number of anilines is 1. The van der Waals surface area contributed by atoms with E-state index in [-0.39, 0.29) is 0 Å². The molecule has 0 unspecified atom stereocenters. The highest BCUT2D eigenvalue weighted by atomic mass is 32.1. The Labute approximate surface area is 119 Å². The predicted octanol–water partition coefficient (Wildman–Crippen LogP) is 3.84. The molecule has 1 fully saturated rings. The van der Waals surface area contributed by atoms with Gasteiger partial charge in [-0.15, -0.1) is 11.3 Å². The van der Waals surface area contributed by atoms with E-state index >= 15 is 0 Å². The van der Waals surface area contributed by atoms with Crippen LogP contribution in [0.4, 0.5) is 5.00 Å². The number of hydrogen-bond acceptors (Lipinski definition) is 3. The summed E-state index contributed by atoms with van der Waals surface area (Å²) in [4.78, 5) is 7.25. The molecule has 100 valence electrons. The highest BCUT2D eigenvalue weighted by Crippen LogP contribution is 2.31. The highest BCUT2D eigenvalue weighted by molar-refractivity contribution is 7.15. The average molecular weight is 272 g/mol. The summed E-state index contributed by atoms with van der Waals surface area (Å²) >= 11 is 1.89. The monoisotopic (exact) mass is 272 g/mol. The van der Waals surface area contributed by atoms with E-state index in [0.717, 1.165) is 12.8 Å². The highest BCUT2D eigenvalue weighted by Gasteiger charge is 2.18. The fourth-order valence-electron chi connectivity index (χ4n) is 2.66. The maximum Gasteiger partial charge on any atom is 0.114 e. The Morgan fingerprint density at radius 2 is 1.84 bits per heavy atom. The van der Waals surface area contributed by atoms with Gasteiger partial charge < -0.3 is 4.90 Å². The van der Waals surface area contributed by atoms with Crippen molar-refractivity contribution in [2.75, 3.05) is 18.0 Å². The first-order chi connectivity index (χ1) is 9.33. The third-order valence-electron chi connectivity index (χ3n) is 3.68. The van der Waals surface area contributed by atoms with Gasteiger partial charge >= 0.3 is 0 Å². The van der Waals surface area contributed by atoms with E-state index in [2.05, 4.69) is 42.2 Å². The lowest BCUT2D eigenvalue weighted by molar-refractivity contribution is 0.931. The van der Waals surface area contributed by atoms with Gasteiger partial charge in [0.05, 0.1) is 10.7 Å². The first kappa shape index (κ1) is 12.7. The molecule has 3 heteroatoms. The molecule has 0 amide bonds. The summed E-state index contributed by atoms with van der Waals surface area (Å²) in [6, 6.07) is 10.7. The minimum Gasteiger partial charge on any atom is -0.362 e.